The van der Waals surface area contributed by atoms with Gasteiger partial charge in [0.25, 0.3) is 0 Å². The van der Waals surface area contributed by atoms with Crippen LogP contribution in [0.15, 0.2) is 42.6 Å². The molecule has 134 valence electrons. The van der Waals surface area contributed by atoms with Crippen LogP contribution in [0.5, 0.6) is 0 Å². The normalized spacial score (nSPS) is 17.0. The van der Waals surface area contributed by atoms with Gasteiger partial charge >= 0.3 is 11.9 Å². The van der Waals surface area contributed by atoms with Gasteiger partial charge in [-0.3, -0.25) is 0 Å². The summed E-state index contributed by atoms with van der Waals surface area (Å²) in [6, 6.07) is 8.68. The van der Waals surface area contributed by atoms with E-state index in [1.165, 1.54) is 0 Å². The van der Waals surface area contributed by atoms with Crippen LogP contribution in [-0.2, 0) is 19.1 Å². The number of unbranched alkanes of at least 4 members (excludes halogenated alkanes) is 2. The second kappa shape index (κ2) is 9.74. The summed E-state index contributed by atoms with van der Waals surface area (Å²) < 4.78 is 12.3. The zero-order valence-electron chi connectivity index (χ0n) is 14.5. The first-order chi connectivity index (χ1) is 12.1. The third kappa shape index (κ3) is 6.15. The van der Waals surface area contributed by atoms with E-state index in [1.54, 1.807) is 47.3 Å². The lowest BCUT2D eigenvalue weighted by Crippen LogP contribution is -2.27. The van der Waals surface area contributed by atoms with Gasteiger partial charge in [-0.2, -0.15) is 4.58 Å². The molecule has 2 unspecified atom stereocenters. The van der Waals surface area contributed by atoms with Crippen molar-refractivity contribution >= 4 is 18.2 Å². The Bertz CT molecular complexity index is 640. The van der Waals surface area contributed by atoms with Crippen LogP contribution in [0.25, 0.3) is 0 Å². The van der Waals surface area contributed by atoms with E-state index in [0.29, 0.717) is 12.2 Å². The molecule has 6 heteroatoms. The van der Waals surface area contributed by atoms with E-state index >= 15 is 0 Å². The highest BCUT2D eigenvalue weighted by molar-refractivity contribution is 5.81. The molecule has 0 amide bonds. The van der Waals surface area contributed by atoms with E-state index in [4.69, 9.17) is 15.2 Å². The maximum absolute atomic E-state index is 12.4. The number of carbonyl (C=O) groups is 2. The van der Waals surface area contributed by atoms with Crippen molar-refractivity contribution in [2.45, 2.75) is 38.3 Å². The molecule has 0 saturated carbocycles. The van der Waals surface area contributed by atoms with Gasteiger partial charge in [0.2, 0.25) is 12.6 Å². The first-order valence-corrected chi connectivity index (χ1v) is 8.56. The zero-order valence-corrected chi connectivity index (χ0v) is 14.5. The minimum atomic E-state index is -1.06. The van der Waals surface area contributed by atoms with E-state index in [2.05, 4.69) is 6.92 Å². The predicted octanol–water partition coefficient (Wildman–Crippen LogP) is 1.94. The zero-order chi connectivity index (χ0) is 18.1. The minimum Gasteiger partial charge on any atom is -0.463 e. The van der Waals surface area contributed by atoms with Crippen LogP contribution in [0.1, 0.15) is 37.9 Å². The lowest BCUT2D eigenvalue weighted by Gasteiger charge is -2.16. The third-order valence-corrected chi connectivity index (χ3v) is 3.73. The number of carbonyl (C=O) groups excluding carboxylic acids is 2. The molecule has 1 heterocycles. The Hall–Kier alpha value is -2.47. The first-order valence-electron chi connectivity index (χ1n) is 8.56. The highest BCUT2D eigenvalue weighted by Gasteiger charge is 2.28. The molecule has 25 heavy (non-hydrogen) atoms. The van der Waals surface area contributed by atoms with Crippen molar-refractivity contribution in [2.24, 2.45) is 5.73 Å². The third-order valence-electron chi connectivity index (χ3n) is 3.73. The fraction of sp³-hybridized carbons (Fsp3) is 0.421. The van der Waals surface area contributed by atoms with Gasteiger partial charge in [-0.1, -0.05) is 50.1 Å². The minimum absolute atomic E-state index is 0.00333. The first kappa shape index (κ1) is 18.9. The van der Waals surface area contributed by atoms with Crippen LogP contribution >= 0.6 is 0 Å². The maximum atomic E-state index is 12.4. The summed E-state index contributed by atoms with van der Waals surface area (Å²) in [5.41, 5.74) is 6.30. The van der Waals surface area contributed by atoms with Gasteiger partial charge in [0.05, 0.1) is 6.61 Å². The lowest BCUT2D eigenvalue weighted by molar-refractivity contribution is -0.440. The van der Waals surface area contributed by atoms with Gasteiger partial charge in [0.15, 0.2) is 12.4 Å². The Morgan fingerprint density at radius 2 is 2.00 bits per heavy atom. The molecule has 2 rings (SSSR count). The van der Waals surface area contributed by atoms with Crippen LogP contribution < -0.4 is 5.73 Å². The van der Waals surface area contributed by atoms with E-state index in [0.717, 1.165) is 19.3 Å². The Kier molecular flexibility index (Phi) is 7.35. The molecular formula is C19H25N2O4+. The molecule has 0 aliphatic carbocycles. The van der Waals surface area contributed by atoms with Gasteiger partial charge in [0.1, 0.15) is 6.04 Å². The topological polar surface area (TPSA) is 81.6 Å². The van der Waals surface area contributed by atoms with Gasteiger partial charge in [-0.25, -0.2) is 9.59 Å². The standard InChI is InChI=1S/C19H25N2O4/c1-2-3-7-12-24-19(23)18(15-8-5-4-6-9-15)25-17(22)14-21-11-10-16(20)13-21/h4-6,8-11,13,16,18H,2-3,7,12,14,20H2,1H3/q+1. The van der Waals surface area contributed by atoms with Crippen LogP contribution in [0.3, 0.4) is 0 Å². The Balaban J connectivity index is 1.99. The molecule has 0 fully saturated rings. The fourth-order valence-corrected chi connectivity index (χ4v) is 2.43. The van der Waals surface area contributed by atoms with Crippen molar-refractivity contribution in [1.29, 1.82) is 0 Å². The van der Waals surface area contributed by atoms with Crippen molar-refractivity contribution < 1.29 is 23.6 Å². The number of ether oxygens (including phenoxy) is 2. The highest BCUT2D eigenvalue weighted by atomic mass is 16.6. The van der Waals surface area contributed by atoms with Gasteiger partial charge in [0, 0.05) is 11.6 Å². The summed E-state index contributed by atoms with van der Waals surface area (Å²) in [4.78, 5) is 24.6. The number of nitrogens with zero attached hydrogens (tertiary/aromatic N) is 1. The van der Waals surface area contributed by atoms with Gasteiger partial charge < -0.3 is 15.2 Å². The Morgan fingerprint density at radius 1 is 1.24 bits per heavy atom. The average Bonchev–Trinajstić information content (AvgIpc) is 3.02. The number of esters is 2. The van der Waals surface area contributed by atoms with Crippen molar-refractivity contribution in [3.05, 3.63) is 48.2 Å². The van der Waals surface area contributed by atoms with Crippen LogP contribution in [0.2, 0.25) is 0 Å². The summed E-state index contributed by atoms with van der Waals surface area (Å²) in [7, 11) is 0. The lowest BCUT2D eigenvalue weighted by atomic mass is 10.1. The molecule has 2 N–H and O–H groups in total. The summed E-state index contributed by atoms with van der Waals surface area (Å²) in [6.45, 7) is 2.40. The van der Waals surface area contributed by atoms with E-state index < -0.39 is 18.0 Å². The summed E-state index contributed by atoms with van der Waals surface area (Å²) in [5, 5.41) is 0. The summed E-state index contributed by atoms with van der Waals surface area (Å²) in [5.74, 6) is -1.07. The summed E-state index contributed by atoms with van der Waals surface area (Å²) >= 11 is 0. The van der Waals surface area contributed by atoms with E-state index in [-0.39, 0.29) is 12.6 Å². The smallest absolute Gasteiger partial charge is 0.373 e. The predicted molar refractivity (Wildman–Crippen MR) is 94.1 cm³/mol. The van der Waals surface area contributed by atoms with Crippen LogP contribution in [-0.4, -0.2) is 41.9 Å². The van der Waals surface area contributed by atoms with E-state index in [9.17, 15) is 9.59 Å². The van der Waals surface area contributed by atoms with Crippen LogP contribution in [0, 0.1) is 0 Å². The van der Waals surface area contributed by atoms with Gasteiger partial charge in [-0.15, -0.1) is 0 Å². The average molecular weight is 345 g/mol. The number of nitrogens with two attached hydrogens (primary N) is 1. The molecule has 6 nitrogen and oxygen atoms in total. The SMILES string of the molecule is CCCCCOC(=O)C(OC(=O)C[N+]1=CC(N)C=C1)c1ccccc1. The molecule has 1 aliphatic heterocycles. The van der Waals surface area contributed by atoms with Crippen molar-refractivity contribution in [3.63, 3.8) is 0 Å². The molecule has 1 aliphatic rings. The number of hydrogen-bond acceptors (Lipinski definition) is 5. The maximum Gasteiger partial charge on any atom is 0.373 e. The molecule has 0 aromatic heterocycles. The molecule has 1 aromatic carbocycles. The van der Waals surface area contributed by atoms with Crippen molar-refractivity contribution in [1.82, 2.24) is 0 Å². The second-order valence-corrected chi connectivity index (χ2v) is 5.90. The van der Waals surface area contributed by atoms with Crippen molar-refractivity contribution in [3.8, 4) is 0 Å². The number of rotatable bonds is 9. The second-order valence-electron chi connectivity index (χ2n) is 5.90. The summed E-state index contributed by atoms with van der Waals surface area (Å²) in [6.07, 6.45) is 6.95. The van der Waals surface area contributed by atoms with Crippen molar-refractivity contribution in [2.75, 3.05) is 13.2 Å². The molecule has 2 atom stereocenters. The monoisotopic (exact) mass is 345 g/mol. The van der Waals surface area contributed by atoms with Crippen LogP contribution in [0.4, 0.5) is 0 Å². The molecular weight excluding hydrogens is 320 g/mol. The fourth-order valence-electron chi connectivity index (χ4n) is 2.43. The number of benzene rings is 1. The molecule has 0 spiro atoms. The highest BCUT2D eigenvalue weighted by Crippen LogP contribution is 2.19. The van der Waals surface area contributed by atoms with E-state index in [1.807, 2.05) is 6.07 Å². The van der Waals surface area contributed by atoms with Gasteiger partial charge in [-0.05, 0) is 6.42 Å². The molecule has 0 saturated heterocycles. The quantitative estimate of drug-likeness (QED) is 0.420. The molecule has 0 radical (unpaired) electrons. The Morgan fingerprint density at radius 3 is 2.64 bits per heavy atom. The number of hydrogen-bond donors (Lipinski definition) is 1. The Labute approximate surface area is 147 Å². The molecule has 1 aromatic rings. The largest absolute Gasteiger partial charge is 0.463 e. The molecule has 0 bridgehead atoms.